The zero-order valence-electron chi connectivity index (χ0n) is 8.34. The molecule has 70 valence electrons. The Bertz CT molecular complexity index is 142. The van der Waals surface area contributed by atoms with E-state index < -0.39 is 0 Å². The topological polar surface area (TPSA) is 12.0 Å². The van der Waals surface area contributed by atoms with Crippen molar-refractivity contribution in [3.63, 3.8) is 0 Å². The normalized spacial score (nSPS) is 31.8. The zero-order chi connectivity index (χ0) is 8.97. The van der Waals surface area contributed by atoms with Crippen LogP contribution >= 0.6 is 0 Å². The van der Waals surface area contributed by atoms with E-state index in [9.17, 15) is 0 Å². The monoisotopic (exact) mass is 167 g/mol. The van der Waals surface area contributed by atoms with Gasteiger partial charge in [-0.1, -0.05) is 13.0 Å². The van der Waals surface area contributed by atoms with Gasteiger partial charge < -0.3 is 5.32 Å². The highest BCUT2D eigenvalue weighted by molar-refractivity contribution is 4.83. The van der Waals surface area contributed by atoms with Crippen LogP contribution in [0.4, 0.5) is 0 Å². The minimum absolute atomic E-state index is 0.609. The molecule has 0 saturated heterocycles. The molecule has 0 aliphatic heterocycles. The molecule has 3 unspecified atom stereocenters. The largest absolute Gasteiger partial charge is 0.311 e. The summed E-state index contributed by atoms with van der Waals surface area (Å²) >= 11 is 0. The minimum Gasteiger partial charge on any atom is -0.311 e. The van der Waals surface area contributed by atoms with Gasteiger partial charge in [0.05, 0.1) is 0 Å². The summed E-state index contributed by atoms with van der Waals surface area (Å²) in [6, 6.07) is 1.38. The maximum absolute atomic E-state index is 3.75. The lowest BCUT2D eigenvalue weighted by atomic mass is 10.1. The first-order valence-corrected chi connectivity index (χ1v) is 5.09. The Labute approximate surface area is 76.2 Å². The number of nitrogens with one attached hydrogen (secondary N) is 1. The van der Waals surface area contributed by atoms with E-state index in [1.54, 1.807) is 0 Å². The van der Waals surface area contributed by atoms with Gasteiger partial charge in [-0.3, -0.25) is 0 Å². The van der Waals surface area contributed by atoms with E-state index in [4.69, 9.17) is 0 Å². The van der Waals surface area contributed by atoms with Crippen molar-refractivity contribution < 1.29 is 0 Å². The summed E-state index contributed by atoms with van der Waals surface area (Å²) in [4.78, 5) is 0. The molecule has 3 atom stereocenters. The maximum Gasteiger partial charge on any atom is 0.00757 e. The molecule has 1 heteroatoms. The van der Waals surface area contributed by atoms with E-state index >= 15 is 0 Å². The van der Waals surface area contributed by atoms with Gasteiger partial charge in [-0.15, -0.1) is 6.58 Å². The number of hydrogen-bond acceptors (Lipinski definition) is 1. The molecule has 0 radical (unpaired) electrons. The lowest BCUT2D eigenvalue weighted by Crippen LogP contribution is -2.34. The molecule has 0 heterocycles. The standard InChI is InChI=1S/C11H21N/c1-4-5-10(3)12-11-7-6-9(2)8-11/h4,9-12H,1,5-8H2,2-3H3. The molecule has 12 heavy (non-hydrogen) atoms. The number of hydrogen-bond donors (Lipinski definition) is 1. The third-order valence-electron chi connectivity index (χ3n) is 2.74. The first kappa shape index (κ1) is 9.79. The second kappa shape index (κ2) is 4.66. The average Bonchev–Trinajstić information content (AvgIpc) is 2.36. The molecule has 0 spiro atoms. The predicted octanol–water partition coefficient (Wildman–Crippen LogP) is 2.73. The molecular weight excluding hydrogens is 146 g/mol. The molecule has 1 aliphatic rings. The molecule has 0 amide bonds. The Balaban J connectivity index is 2.18. The first-order chi connectivity index (χ1) is 5.72. The molecule has 1 rings (SSSR count). The Morgan fingerprint density at radius 2 is 2.33 bits per heavy atom. The Morgan fingerprint density at radius 3 is 2.83 bits per heavy atom. The van der Waals surface area contributed by atoms with Gasteiger partial charge in [0.1, 0.15) is 0 Å². The Hall–Kier alpha value is -0.300. The van der Waals surface area contributed by atoms with E-state index in [-0.39, 0.29) is 0 Å². The van der Waals surface area contributed by atoms with E-state index in [0.29, 0.717) is 6.04 Å². The molecule has 1 N–H and O–H groups in total. The van der Waals surface area contributed by atoms with Crippen LogP contribution in [0.25, 0.3) is 0 Å². The summed E-state index contributed by atoms with van der Waals surface area (Å²) < 4.78 is 0. The summed E-state index contributed by atoms with van der Waals surface area (Å²) in [5.41, 5.74) is 0. The first-order valence-electron chi connectivity index (χ1n) is 5.09. The van der Waals surface area contributed by atoms with Gasteiger partial charge in [-0.25, -0.2) is 0 Å². The smallest absolute Gasteiger partial charge is 0.00757 e. The summed E-state index contributed by atoms with van der Waals surface area (Å²) in [6.07, 6.45) is 7.21. The fraction of sp³-hybridized carbons (Fsp3) is 0.818. The van der Waals surface area contributed by atoms with Crippen molar-refractivity contribution >= 4 is 0 Å². The van der Waals surface area contributed by atoms with Crippen LogP contribution in [0.1, 0.15) is 39.5 Å². The SMILES string of the molecule is C=CCC(C)NC1CCC(C)C1. The van der Waals surface area contributed by atoms with Gasteiger partial charge in [0.15, 0.2) is 0 Å². The molecule has 1 nitrogen and oxygen atoms in total. The lowest BCUT2D eigenvalue weighted by Gasteiger charge is -2.17. The summed E-state index contributed by atoms with van der Waals surface area (Å²) in [6.45, 7) is 8.34. The summed E-state index contributed by atoms with van der Waals surface area (Å²) in [5, 5.41) is 3.64. The van der Waals surface area contributed by atoms with Gasteiger partial charge in [0.2, 0.25) is 0 Å². The molecule has 0 aromatic heterocycles. The third kappa shape index (κ3) is 2.98. The zero-order valence-corrected chi connectivity index (χ0v) is 8.34. The summed E-state index contributed by atoms with van der Waals surface area (Å²) in [5.74, 6) is 0.929. The molecule has 1 aliphatic carbocycles. The van der Waals surface area contributed by atoms with Gasteiger partial charge in [0.25, 0.3) is 0 Å². The highest BCUT2D eigenvalue weighted by atomic mass is 14.9. The molecule has 0 aromatic rings. The second-order valence-electron chi connectivity index (χ2n) is 4.21. The Kier molecular flexibility index (Phi) is 3.80. The Morgan fingerprint density at radius 1 is 1.58 bits per heavy atom. The minimum atomic E-state index is 0.609. The van der Waals surface area contributed by atoms with Crippen LogP contribution in [-0.2, 0) is 0 Å². The quantitative estimate of drug-likeness (QED) is 0.635. The average molecular weight is 167 g/mol. The van der Waals surface area contributed by atoms with Crippen molar-refractivity contribution in [2.75, 3.05) is 0 Å². The van der Waals surface area contributed by atoms with Crippen molar-refractivity contribution in [3.8, 4) is 0 Å². The van der Waals surface area contributed by atoms with Crippen molar-refractivity contribution in [2.45, 2.75) is 51.6 Å². The van der Waals surface area contributed by atoms with Crippen LogP contribution in [0.3, 0.4) is 0 Å². The van der Waals surface area contributed by atoms with Gasteiger partial charge in [0, 0.05) is 12.1 Å². The highest BCUT2D eigenvalue weighted by Gasteiger charge is 2.21. The number of rotatable bonds is 4. The van der Waals surface area contributed by atoms with Gasteiger partial charge in [-0.05, 0) is 38.5 Å². The van der Waals surface area contributed by atoms with Crippen LogP contribution < -0.4 is 5.32 Å². The fourth-order valence-electron chi connectivity index (χ4n) is 2.08. The molecule has 0 bridgehead atoms. The van der Waals surface area contributed by atoms with Crippen LogP contribution in [0.2, 0.25) is 0 Å². The lowest BCUT2D eigenvalue weighted by molar-refractivity contribution is 0.441. The molecule has 1 saturated carbocycles. The van der Waals surface area contributed by atoms with E-state index in [1.807, 2.05) is 6.08 Å². The van der Waals surface area contributed by atoms with E-state index in [2.05, 4.69) is 25.7 Å². The third-order valence-corrected chi connectivity index (χ3v) is 2.74. The van der Waals surface area contributed by atoms with Crippen molar-refractivity contribution in [2.24, 2.45) is 5.92 Å². The van der Waals surface area contributed by atoms with Crippen LogP contribution in [0.5, 0.6) is 0 Å². The predicted molar refractivity (Wildman–Crippen MR) is 54.2 cm³/mol. The maximum atomic E-state index is 3.75. The van der Waals surface area contributed by atoms with Crippen molar-refractivity contribution in [3.05, 3.63) is 12.7 Å². The fourth-order valence-corrected chi connectivity index (χ4v) is 2.08. The van der Waals surface area contributed by atoms with Crippen LogP contribution in [0, 0.1) is 5.92 Å². The molecule has 0 aromatic carbocycles. The molecule has 1 fully saturated rings. The highest BCUT2D eigenvalue weighted by Crippen LogP contribution is 2.24. The summed E-state index contributed by atoms with van der Waals surface area (Å²) in [7, 11) is 0. The van der Waals surface area contributed by atoms with Crippen molar-refractivity contribution in [1.82, 2.24) is 5.32 Å². The van der Waals surface area contributed by atoms with Gasteiger partial charge in [-0.2, -0.15) is 0 Å². The van der Waals surface area contributed by atoms with Gasteiger partial charge >= 0.3 is 0 Å². The second-order valence-corrected chi connectivity index (χ2v) is 4.21. The van der Waals surface area contributed by atoms with E-state index in [0.717, 1.165) is 18.4 Å². The molecular formula is C11H21N. The van der Waals surface area contributed by atoms with Crippen molar-refractivity contribution in [1.29, 1.82) is 0 Å². The van der Waals surface area contributed by atoms with Crippen LogP contribution in [0.15, 0.2) is 12.7 Å². The van der Waals surface area contributed by atoms with Crippen LogP contribution in [-0.4, -0.2) is 12.1 Å². The van der Waals surface area contributed by atoms with E-state index in [1.165, 1.54) is 19.3 Å².